The van der Waals surface area contributed by atoms with Crippen LogP contribution in [-0.4, -0.2) is 17.1 Å². The first kappa shape index (κ1) is 13.6. The Morgan fingerprint density at radius 1 is 1.26 bits per heavy atom. The average molecular weight is 319 g/mol. The third kappa shape index (κ3) is 3.58. The first-order chi connectivity index (χ1) is 9.22. The topological polar surface area (TPSA) is 37.9 Å². The van der Waals surface area contributed by atoms with Crippen molar-refractivity contribution in [3.05, 3.63) is 52.0 Å². The fourth-order valence-electron chi connectivity index (χ4n) is 1.70. The summed E-state index contributed by atoms with van der Waals surface area (Å²) in [5, 5.41) is 0. The van der Waals surface area contributed by atoms with Crippen molar-refractivity contribution in [2.24, 2.45) is 0 Å². The Morgan fingerprint density at radius 3 is 2.84 bits per heavy atom. The van der Waals surface area contributed by atoms with Crippen LogP contribution in [0.1, 0.15) is 24.0 Å². The fraction of sp³-hybridized carbons (Fsp3) is 0.133. The van der Waals surface area contributed by atoms with Gasteiger partial charge in [-0.15, -0.1) is 0 Å². The van der Waals surface area contributed by atoms with Crippen LogP contribution >= 0.6 is 15.9 Å². The Balaban J connectivity index is 2.23. The van der Waals surface area contributed by atoms with E-state index in [1.54, 1.807) is 13.3 Å². The maximum atomic E-state index is 5.32. The van der Waals surface area contributed by atoms with Crippen molar-refractivity contribution in [1.29, 1.82) is 0 Å². The highest BCUT2D eigenvalue weighted by Gasteiger charge is 2.00. The number of halogens is 1. The molecular formula is C15H15BrN2O. The van der Waals surface area contributed by atoms with Crippen LogP contribution in [0.15, 0.2) is 34.9 Å². The number of H-pyrrole nitrogens is 1. The summed E-state index contributed by atoms with van der Waals surface area (Å²) in [6, 6.07) is 5.88. The van der Waals surface area contributed by atoms with Gasteiger partial charge in [-0.05, 0) is 43.4 Å². The van der Waals surface area contributed by atoms with Crippen molar-refractivity contribution in [3.63, 3.8) is 0 Å². The van der Waals surface area contributed by atoms with Gasteiger partial charge in [-0.25, -0.2) is 4.98 Å². The molecule has 0 aliphatic heterocycles. The van der Waals surface area contributed by atoms with E-state index in [1.165, 1.54) is 0 Å². The van der Waals surface area contributed by atoms with Gasteiger partial charge in [0.25, 0.3) is 0 Å². The average Bonchev–Trinajstić information content (AvgIpc) is 2.85. The van der Waals surface area contributed by atoms with E-state index < -0.39 is 0 Å². The molecule has 0 fully saturated rings. The predicted octanol–water partition coefficient (Wildman–Crippen LogP) is 4.38. The molecule has 1 aromatic heterocycles. The zero-order valence-corrected chi connectivity index (χ0v) is 12.4. The molecule has 3 nitrogen and oxygen atoms in total. The first-order valence-corrected chi connectivity index (χ1v) is 6.71. The molecule has 0 radical (unpaired) electrons. The van der Waals surface area contributed by atoms with Crippen LogP contribution in [0, 0.1) is 0 Å². The number of hydrogen-bond acceptors (Lipinski definition) is 2. The van der Waals surface area contributed by atoms with Crippen molar-refractivity contribution >= 4 is 34.2 Å². The lowest BCUT2D eigenvalue weighted by Crippen LogP contribution is -1.86. The maximum absolute atomic E-state index is 5.32. The molecule has 19 heavy (non-hydrogen) atoms. The van der Waals surface area contributed by atoms with Gasteiger partial charge in [0.1, 0.15) is 11.6 Å². The minimum Gasteiger partial charge on any atom is -0.496 e. The van der Waals surface area contributed by atoms with Crippen LogP contribution in [0.5, 0.6) is 5.75 Å². The zero-order valence-electron chi connectivity index (χ0n) is 10.9. The minimum atomic E-state index is 0.815. The second-order valence-corrected chi connectivity index (χ2v) is 4.86. The summed E-state index contributed by atoms with van der Waals surface area (Å²) in [7, 11) is 1.66. The van der Waals surface area contributed by atoms with E-state index in [2.05, 4.69) is 25.9 Å². The number of nitrogens with zero attached hydrogens (tertiary/aromatic N) is 1. The van der Waals surface area contributed by atoms with Crippen molar-refractivity contribution in [2.45, 2.75) is 6.92 Å². The molecule has 4 heteroatoms. The van der Waals surface area contributed by atoms with Crippen molar-refractivity contribution in [2.75, 3.05) is 7.11 Å². The van der Waals surface area contributed by atoms with Gasteiger partial charge in [0.15, 0.2) is 0 Å². The van der Waals surface area contributed by atoms with Crippen LogP contribution in [0.25, 0.3) is 18.2 Å². The highest BCUT2D eigenvalue weighted by atomic mass is 79.9. The Hall–Kier alpha value is -1.81. The van der Waals surface area contributed by atoms with E-state index in [0.29, 0.717) is 0 Å². The predicted molar refractivity (Wildman–Crippen MR) is 82.9 cm³/mol. The van der Waals surface area contributed by atoms with Crippen LogP contribution in [0.3, 0.4) is 0 Å². The van der Waals surface area contributed by atoms with E-state index in [-0.39, 0.29) is 0 Å². The molecule has 0 aliphatic carbocycles. The Bertz CT molecular complexity index is 614. The molecule has 0 aliphatic rings. The van der Waals surface area contributed by atoms with Crippen LogP contribution < -0.4 is 4.74 Å². The smallest absolute Gasteiger partial charge is 0.130 e. The summed E-state index contributed by atoms with van der Waals surface area (Å²) in [5.74, 6) is 1.65. The van der Waals surface area contributed by atoms with Gasteiger partial charge < -0.3 is 9.72 Å². The van der Waals surface area contributed by atoms with Gasteiger partial charge >= 0.3 is 0 Å². The lowest BCUT2D eigenvalue weighted by atomic mass is 10.2. The molecule has 1 N–H and O–H groups in total. The number of rotatable bonds is 4. The number of nitrogens with one attached hydrogen (secondary N) is 1. The van der Waals surface area contributed by atoms with Crippen molar-refractivity contribution in [3.8, 4) is 5.75 Å². The SMILES string of the molecule is C/C=C/c1cnc(/C=C/c2cc(Br)ccc2OC)[nH]1. The monoisotopic (exact) mass is 318 g/mol. The van der Waals surface area contributed by atoms with Gasteiger partial charge in [-0.3, -0.25) is 0 Å². The Morgan fingerprint density at radius 2 is 2.11 bits per heavy atom. The molecule has 2 aromatic rings. The van der Waals surface area contributed by atoms with Gasteiger partial charge in [0.2, 0.25) is 0 Å². The highest BCUT2D eigenvalue weighted by molar-refractivity contribution is 9.10. The number of ether oxygens (including phenoxy) is 1. The molecule has 0 saturated carbocycles. The third-order valence-electron chi connectivity index (χ3n) is 2.57. The summed E-state index contributed by atoms with van der Waals surface area (Å²) in [5.41, 5.74) is 1.99. The Kier molecular flexibility index (Phi) is 4.58. The van der Waals surface area contributed by atoms with Gasteiger partial charge in [-0.1, -0.05) is 22.0 Å². The molecule has 1 aromatic carbocycles. The second-order valence-electron chi connectivity index (χ2n) is 3.94. The van der Waals surface area contributed by atoms with E-state index in [4.69, 9.17) is 4.74 Å². The van der Waals surface area contributed by atoms with E-state index in [0.717, 1.165) is 27.3 Å². The summed E-state index contributed by atoms with van der Waals surface area (Å²) in [6.45, 7) is 1.97. The molecule has 0 spiro atoms. The number of hydrogen-bond donors (Lipinski definition) is 1. The molecule has 2 rings (SSSR count). The zero-order chi connectivity index (χ0) is 13.7. The summed E-state index contributed by atoms with van der Waals surface area (Å²) in [4.78, 5) is 7.48. The normalized spacial score (nSPS) is 11.5. The first-order valence-electron chi connectivity index (χ1n) is 5.92. The summed E-state index contributed by atoms with van der Waals surface area (Å²) < 4.78 is 6.33. The molecule has 0 amide bonds. The number of aromatic nitrogens is 2. The maximum Gasteiger partial charge on any atom is 0.130 e. The highest BCUT2D eigenvalue weighted by Crippen LogP contribution is 2.24. The van der Waals surface area contributed by atoms with Gasteiger partial charge in [-0.2, -0.15) is 0 Å². The number of benzene rings is 1. The molecule has 0 saturated heterocycles. The van der Waals surface area contributed by atoms with E-state index in [1.807, 2.05) is 49.4 Å². The lowest BCUT2D eigenvalue weighted by molar-refractivity contribution is 0.414. The summed E-state index contributed by atoms with van der Waals surface area (Å²) in [6.07, 6.45) is 9.65. The Labute approximate surface area is 121 Å². The third-order valence-corrected chi connectivity index (χ3v) is 3.07. The largest absolute Gasteiger partial charge is 0.496 e. The number of methoxy groups -OCH3 is 1. The van der Waals surface area contributed by atoms with E-state index in [9.17, 15) is 0 Å². The molecule has 0 bridgehead atoms. The minimum absolute atomic E-state index is 0.815. The molecular weight excluding hydrogens is 304 g/mol. The quantitative estimate of drug-likeness (QED) is 0.908. The molecule has 1 heterocycles. The standard InChI is InChI=1S/C15H15BrN2O/c1-3-4-13-10-17-15(18-13)8-5-11-9-12(16)6-7-14(11)19-2/h3-10H,1-2H3,(H,17,18)/b4-3+,8-5+. The van der Waals surface area contributed by atoms with Crippen molar-refractivity contribution < 1.29 is 4.74 Å². The van der Waals surface area contributed by atoms with E-state index >= 15 is 0 Å². The molecule has 0 unspecified atom stereocenters. The van der Waals surface area contributed by atoms with Gasteiger partial charge in [0, 0.05) is 10.0 Å². The molecule has 0 atom stereocenters. The lowest BCUT2D eigenvalue weighted by Gasteiger charge is -2.04. The number of allylic oxidation sites excluding steroid dienone is 1. The second kappa shape index (κ2) is 6.38. The van der Waals surface area contributed by atoms with Crippen LogP contribution in [0.4, 0.5) is 0 Å². The number of imidazole rings is 1. The molecule has 98 valence electrons. The van der Waals surface area contributed by atoms with Crippen molar-refractivity contribution in [1.82, 2.24) is 9.97 Å². The van der Waals surface area contributed by atoms with Crippen LogP contribution in [0.2, 0.25) is 0 Å². The number of aromatic amines is 1. The van der Waals surface area contributed by atoms with Gasteiger partial charge in [0.05, 0.1) is 19.0 Å². The summed E-state index contributed by atoms with van der Waals surface area (Å²) >= 11 is 3.45. The fourth-order valence-corrected chi connectivity index (χ4v) is 2.08. The van der Waals surface area contributed by atoms with Crippen LogP contribution in [-0.2, 0) is 0 Å².